The molecule has 26 heavy (non-hydrogen) atoms. The van der Waals surface area contributed by atoms with Gasteiger partial charge in [-0.2, -0.15) is 0 Å². The molecule has 3 heterocycles. The molecule has 0 aliphatic carbocycles. The Morgan fingerprint density at radius 1 is 1.08 bits per heavy atom. The number of hydrogen-bond acceptors (Lipinski definition) is 4. The number of halogens is 1. The number of fused-ring (bicyclic) bond motifs is 1. The van der Waals surface area contributed by atoms with Gasteiger partial charge in [0.15, 0.2) is 0 Å². The molecule has 2 atom stereocenters. The summed E-state index contributed by atoms with van der Waals surface area (Å²) in [6.45, 7) is 3.56. The van der Waals surface area contributed by atoms with Crippen LogP contribution in [0.5, 0.6) is 0 Å². The molecule has 0 unspecified atom stereocenters. The monoisotopic (exact) mass is 351 g/mol. The number of rotatable bonds is 2. The minimum atomic E-state index is -0.212. The number of nitrogens with one attached hydrogen (secondary N) is 1. The van der Waals surface area contributed by atoms with E-state index in [1.54, 1.807) is 0 Å². The van der Waals surface area contributed by atoms with Gasteiger partial charge in [-0.05, 0) is 35.2 Å². The van der Waals surface area contributed by atoms with Gasteiger partial charge in [-0.15, -0.1) is 0 Å². The Labute approximate surface area is 152 Å². The van der Waals surface area contributed by atoms with Gasteiger partial charge in [0, 0.05) is 25.6 Å². The zero-order chi connectivity index (χ0) is 17.5. The second-order valence-corrected chi connectivity index (χ2v) is 7.30. The highest BCUT2D eigenvalue weighted by Gasteiger charge is 2.37. The van der Waals surface area contributed by atoms with Gasteiger partial charge in [0.1, 0.15) is 12.4 Å². The van der Waals surface area contributed by atoms with Crippen LogP contribution in [-0.2, 0) is 11.2 Å². The highest BCUT2D eigenvalue weighted by Crippen LogP contribution is 2.36. The highest BCUT2D eigenvalue weighted by atomic mass is 19.1. The summed E-state index contributed by atoms with van der Waals surface area (Å²) in [5.74, 6) is 0.366. The minimum Gasteiger partial charge on any atom is -0.463 e. The number of amidine groups is 1. The highest BCUT2D eigenvalue weighted by molar-refractivity contribution is 5.77. The third kappa shape index (κ3) is 2.67. The summed E-state index contributed by atoms with van der Waals surface area (Å²) >= 11 is 0. The van der Waals surface area contributed by atoms with Crippen LogP contribution in [0.15, 0.2) is 53.5 Å². The van der Waals surface area contributed by atoms with Crippen LogP contribution in [0.1, 0.15) is 22.7 Å². The lowest BCUT2D eigenvalue weighted by Gasteiger charge is -2.38. The van der Waals surface area contributed by atoms with Gasteiger partial charge in [-0.1, -0.05) is 36.4 Å². The summed E-state index contributed by atoms with van der Waals surface area (Å²) in [4.78, 5) is 7.16. The second-order valence-electron chi connectivity index (χ2n) is 7.30. The van der Waals surface area contributed by atoms with Crippen molar-refractivity contribution >= 4 is 6.02 Å². The van der Waals surface area contributed by atoms with Gasteiger partial charge < -0.3 is 15.0 Å². The number of benzene rings is 2. The van der Waals surface area contributed by atoms with Crippen LogP contribution in [0.25, 0.3) is 0 Å². The third-order valence-corrected chi connectivity index (χ3v) is 5.73. The quantitative estimate of drug-likeness (QED) is 0.904. The molecule has 134 valence electrons. The Kier molecular flexibility index (Phi) is 3.89. The molecule has 1 saturated heterocycles. The molecule has 0 saturated carbocycles. The lowest BCUT2D eigenvalue weighted by Crippen LogP contribution is -2.48. The molecular formula is C21H22FN3O. The van der Waals surface area contributed by atoms with Gasteiger partial charge in [0.2, 0.25) is 0 Å². The maximum Gasteiger partial charge on any atom is 0.288 e. The zero-order valence-corrected chi connectivity index (χ0v) is 14.6. The number of ether oxygens (including phenoxy) is 1. The van der Waals surface area contributed by atoms with Crippen LogP contribution in [0.3, 0.4) is 0 Å². The van der Waals surface area contributed by atoms with Crippen molar-refractivity contribution in [2.75, 3.05) is 26.2 Å². The molecule has 5 heteroatoms. The predicted molar refractivity (Wildman–Crippen MR) is 98.6 cm³/mol. The Morgan fingerprint density at radius 3 is 2.65 bits per heavy atom. The van der Waals surface area contributed by atoms with Crippen molar-refractivity contribution in [3.05, 3.63) is 71.0 Å². The lowest BCUT2D eigenvalue weighted by atomic mass is 9.88. The summed E-state index contributed by atoms with van der Waals surface area (Å²) in [7, 11) is 0. The molecule has 3 aliphatic rings. The average molecular weight is 351 g/mol. The van der Waals surface area contributed by atoms with E-state index >= 15 is 0 Å². The van der Waals surface area contributed by atoms with E-state index in [0.29, 0.717) is 12.5 Å². The van der Waals surface area contributed by atoms with Crippen molar-refractivity contribution in [2.24, 2.45) is 10.9 Å². The molecule has 0 amide bonds. The summed E-state index contributed by atoms with van der Waals surface area (Å²) in [5, 5.41) is 3.31. The Balaban J connectivity index is 1.52. The topological polar surface area (TPSA) is 36.9 Å². The maximum atomic E-state index is 13.5. The molecule has 3 aliphatic heterocycles. The van der Waals surface area contributed by atoms with Crippen molar-refractivity contribution in [1.82, 2.24) is 10.2 Å². The molecule has 0 spiro atoms. The zero-order valence-electron chi connectivity index (χ0n) is 14.6. The van der Waals surface area contributed by atoms with Crippen molar-refractivity contribution in [3.8, 4) is 0 Å². The van der Waals surface area contributed by atoms with Crippen LogP contribution in [-0.4, -0.2) is 43.2 Å². The summed E-state index contributed by atoms with van der Waals surface area (Å²) in [5.41, 5.74) is 3.67. The fourth-order valence-corrected chi connectivity index (χ4v) is 4.14. The molecule has 4 nitrogen and oxygen atoms in total. The van der Waals surface area contributed by atoms with Crippen LogP contribution in [0, 0.1) is 11.7 Å². The molecule has 1 fully saturated rings. The number of hydrogen-bond donors (Lipinski definition) is 1. The summed E-state index contributed by atoms with van der Waals surface area (Å²) in [6.07, 6.45) is 0.964. The molecule has 1 N–H and O–H groups in total. The van der Waals surface area contributed by atoms with Crippen molar-refractivity contribution in [2.45, 2.75) is 18.5 Å². The van der Waals surface area contributed by atoms with Gasteiger partial charge in [-0.25, -0.2) is 9.38 Å². The minimum absolute atomic E-state index is 0.0116. The van der Waals surface area contributed by atoms with Gasteiger partial charge in [-0.3, -0.25) is 0 Å². The van der Waals surface area contributed by atoms with Gasteiger partial charge >= 0.3 is 0 Å². The molecule has 0 radical (unpaired) electrons. The Bertz CT molecular complexity index is 831. The Morgan fingerprint density at radius 2 is 1.88 bits per heavy atom. The average Bonchev–Trinajstić information content (AvgIpc) is 3.09. The molecule has 0 bridgehead atoms. The van der Waals surface area contributed by atoms with E-state index in [2.05, 4.69) is 34.5 Å². The largest absolute Gasteiger partial charge is 0.463 e. The molecule has 2 aromatic carbocycles. The normalized spacial score (nSPS) is 25.3. The summed E-state index contributed by atoms with van der Waals surface area (Å²) < 4.78 is 19.5. The van der Waals surface area contributed by atoms with Crippen molar-refractivity contribution < 1.29 is 9.13 Å². The van der Waals surface area contributed by atoms with Crippen LogP contribution in [0.2, 0.25) is 0 Å². The van der Waals surface area contributed by atoms with Crippen LogP contribution < -0.4 is 5.32 Å². The fourth-order valence-electron chi connectivity index (χ4n) is 4.14. The number of aliphatic imine (C=N–C) groups is 1. The molecule has 2 aromatic rings. The third-order valence-electron chi connectivity index (χ3n) is 5.73. The summed E-state index contributed by atoms with van der Waals surface area (Å²) in [6, 6.07) is 16.3. The standard InChI is InChI=1S/C21H22FN3O/c22-17-7-5-15(6-8-17)20-18-4-2-1-3-14(18)9-10-25(20)21-24-19(13-26-21)16-11-23-12-16/h1-8,16,19-20,23H,9-13H2/t19-,20-/m0/s1. The lowest BCUT2D eigenvalue weighted by molar-refractivity contribution is 0.198. The SMILES string of the molecule is Fc1ccc([C@H]2c3ccccc3CCN2C2=N[C@H](C3CNC3)CO2)cc1. The van der Waals surface area contributed by atoms with E-state index in [-0.39, 0.29) is 17.9 Å². The van der Waals surface area contributed by atoms with Gasteiger partial charge in [0.05, 0.1) is 12.1 Å². The van der Waals surface area contributed by atoms with Crippen molar-refractivity contribution in [1.29, 1.82) is 0 Å². The first kappa shape index (κ1) is 15.8. The van der Waals surface area contributed by atoms with Crippen molar-refractivity contribution in [3.63, 3.8) is 0 Å². The first-order valence-electron chi connectivity index (χ1n) is 9.31. The van der Waals surface area contributed by atoms with E-state index in [1.807, 2.05) is 12.1 Å². The molecule has 0 aromatic heterocycles. The smallest absolute Gasteiger partial charge is 0.288 e. The maximum absolute atomic E-state index is 13.5. The van der Waals surface area contributed by atoms with E-state index in [9.17, 15) is 4.39 Å². The molecular weight excluding hydrogens is 329 g/mol. The van der Waals surface area contributed by atoms with Gasteiger partial charge in [0.25, 0.3) is 6.02 Å². The predicted octanol–water partition coefficient (Wildman–Crippen LogP) is 2.75. The fraction of sp³-hybridized carbons (Fsp3) is 0.381. The van der Waals surface area contributed by atoms with E-state index < -0.39 is 0 Å². The Hall–Kier alpha value is -2.40. The van der Waals surface area contributed by atoms with E-state index in [0.717, 1.165) is 37.6 Å². The first-order chi connectivity index (χ1) is 12.8. The second kappa shape index (κ2) is 6.40. The van der Waals surface area contributed by atoms with E-state index in [1.165, 1.54) is 23.3 Å². The first-order valence-corrected chi connectivity index (χ1v) is 9.31. The number of nitrogens with zero attached hydrogens (tertiary/aromatic N) is 2. The van der Waals surface area contributed by atoms with Crippen LogP contribution >= 0.6 is 0 Å². The molecule has 5 rings (SSSR count). The van der Waals surface area contributed by atoms with E-state index in [4.69, 9.17) is 9.73 Å². The van der Waals surface area contributed by atoms with Crippen LogP contribution in [0.4, 0.5) is 4.39 Å².